The van der Waals surface area contributed by atoms with Crippen LogP contribution in [0.1, 0.15) is 43.6 Å². The van der Waals surface area contributed by atoms with E-state index in [1.165, 1.54) is 34.3 Å². The molecule has 0 radical (unpaired) electrons. The highest BCUT2D eigenvalue weighted by molar-refractivity contribution is 6.43. The molecule has 15 nitrogen and oxygen atoms in total. The molecule has 3 aliphatic rings. The monoisotopic (exact) mass is 658 g/mol. The second-order valence-corrected chi connectivity index (χ2v) is 11.2. The zero-order chi connectivity index (χ0) is 34.7. The molecule has 0 bridgehead atoms. The first-order chi connectivity index (χ1) is 22.2. The summed E-state index contributed by atoms with van der Waals surface area (Å²) in [5, 5.41) is 23.2. The normalized spacial score (nSPS) is 30.5. The Bertz CT molecular complexity index is 1740. The molecule has 1 aliphatic heterocycles. The number of phenols is 1. The Morgan fingerprint density at radius 1 is 0.894 bits per heavy atom. The smallest absolute Gasteiger partial charge is 0.341 e. The number of benzene rings is 2. The predicted octanol–water partition coefficient (Wildman–Crippen LogP) is 0.986. The maximum Gasteiger partial charge on any atom is 0.341 e. The fourth-order valence-corrected chi connectivity index (χ4v) is 6.82. The summed E-state index contributed by atoms with van der Waals surface area (Å²) in [5.74, 6) is -7.89. The van der Waals surface area contributed by atoms with Crippen LogP contribution in [0.5, 0.6) is 11.5 Å². The van der Waals surface area contributed by atoms with Crippen molar-refractivity contribution in [2.45, 2.75) is 55.8 Å². The molecule has 1 saturated heterocycles. The van der Waals surface area contributed by atoms with Crippen LogP contribution in [0.15, 0.2) is 24.0 Å². The summed E-state index contributed by atoms with van der Waals surface area (Å²) in [5.41, 5.74) is -7.84. The van der Waals surface area contributed by atoms with Gasteiger partial charge in [-0.25, -0.2) is 4.79 Å². The second-order valence-electron chi connectivity index (χ2n) is 11.2. The summed E-state index contributed by atoms with van der Waals surface area (Å²) in [4.78, 5) is 68.0. The van der Waals surface area contributed by atoms with Gasteiger partial charge in [0.15, 0.2) is 5.76 Å². The van der Waals surface area contributed by atoms with Crippen LogP contribution in [0.3, 0.4) is 0 Å². The molecule has 2 N–H and O–H groups in total. The minimum absolute atomic E-state index is 0.0454. The molecule has 0 saturated carbocycles. The summed E-state index contributed by atoms with van der Waals surface area (Å²) in [6.07, 6.45) is -3.16. The van der Waals surface area contributed by atoms with Gasteiger partial charge in [0, 0.05) is 45.5 Å². The third-order valence-corrected chi connectivity index (χ3v) is 9.11. The second kappa shape index (κ2) is 12.1. The number of fused-ring (bicyclic) bond motifs is 3. The minimum atomic E-state index is -3.37. The largest absolute Gasteiger partial charge is 0.507 e. The van der Waals surface area contributed by atoms with Crippen molar-refractivity contribution in [3.8, 4) is 11.5 Å². The Morgan fingerprint density at radius 3 is 2.09 bits per heavy atom. The average molecular weight is 659 g/mol. The molecule has 0 spiro atoms. The molecule has 5 rings (SSSR count). The van der Waals surface area contributed by atoms with Gasteiger partial charge in [-0.3, -0.25) is 19.2 Å². The number of ketones is 4. The van der Waals surface area contributed by atoms with Crippen molar-refractivity contribution in [3.63, 3.8) is 0 Å². The quantitative estimate of drug-likeness (QED) is 0.300. The maximum atomic E-state index is 14.1. The van der Waals surface area contributed by atoms with E-state index in [0.717, 1.165) is 27.4 Å². The molecule has 2 aliphatic carbocycles. The lowest BCUT2D eigenvalue weighted by atomic mass is 9.60. The van der Waals surface area contributed by atoms with Gasteiger partial charge in [-0.05, 0) is 36.9 Å². The number of Topliss-reactive ketones (excluding diaryl/α,β-unsaturated/α-hetero) is 3. The maximum absolute atomic E-state index is 14.1. The van der Waals surface area contributed by atoms with E-state index in [4.69, 9.17) is 37.9 Å². The van der Waals surface area contributed by atoms with Crippen LogP contribution in [0.4, 0.5) is 0 Å². The number of ether oxygens (including phenoxy) is 8. The molecular weight excluding hydrogens is 624 g/mol. The van der Waals surface area contributed by atoms with Crippen LogP contribution >= 0.6 is 0 Å². The van der Waals surface area contributed by atoms with Crippen molar-refractivity contribution in [3.05, 3.63) is 46.2 Å². The van der Waals surface area contributed by atoms with Gasteiger partial charge >= 0.3 is 5.97 Å². The molecule has 7 atom stereocenters. The molecule has 0 unspecified atom stereocenters. The third-order valence-electron chi connectivity index (χ3n) is 9.11. The fourth-order valence-electron chi connectivity index (χ4n) is 6.82. The van der Waals surface area contributed by atoms with Gasteiger partial charge in [0.2, 0.25) is 40.6 Å². The molecule has 0 aromatic heterocycles. The number of aryl methyl sites for hydroxylation is 1. The summed E-state index contributed by atoms with van der Waals surface area (Å²) in [7, 11) is 7.39. The number of carbonyl (C=O) groups excluding carboxylic acids is 5. The van der Waals surface area contributed by atoms with E-state index in [9.17, 15) is 34.2 Å². The van der Waals surface area contributed by atoms with Crippen LogP contribution in [0.25, 0.3) is 10.8 Å². The van der Waals surface area contributed by atoms with Crippen LogP contribution < -0.4 is 4.74 Å². The Morgan fingerprint density at radius 2 is 1.53 bits per heavy atom. The van der Waals surface area contributed by atoms with Crippen molar-refractivity contribution < 1.29 is 72.1 Å². The van der Waals surface area contributed by atoms with Gasteiger partial charge in [0.1, 0.15) is 35.4 Å². The zero-order valence-corrected chi connectivity index (χ0v) is 26.8. The standard InChI is InChI=1S/C32H34O15/c1-12-19-14(10-16(20(12)29(38)44-7)47-30-25(43-6)24(42-5)23(41-4)13(2)46-30)9-15-21(22(19)34)28(37)32(45-8)18(33)11-17(40-3)27(36)31(32,39)26(15)35/h9-11,13,23-25,30,34,39H,1-8H3/t13-,23-,24+,25+,30-,31+,32+/m0/s1. The first-order valence-electron chi connectivity index (χ1n) is 14.3. The predicted molar refractivity (Wildman–Crippen MR) is 158 cm³/mol. The molecule has 1 heterocycles. The lowest BCUT2D eigenvalue weighted by Crippen LogP contribution is -2.76. The van der Waals surface area contributed by atoms with Gasteiger partial charge in [0.05, 0.1) is 25.9 Å². The minimum Gasteiger partial charge on any atom is -0.507 e. The highest BCUT2D eigenvalue weighted by Crippen LogP contribution is 2.49. The van der Waals surface area contributed by atoms with E-state index >= 15 is 0 Å². The molecule has 252 valence electrons. The topological polar surface area (TPSA) is 200 Å². The van der Waals surface area contributed by atoms with Crippen LogP contribution in [-0.2, 0) is 42.7 Å². The Labute approximate surface area is 268 Å². The number of hydrogen-bond donors (Lipinski definition) is 2. The van der Waals surface area contributed by atoms with E-state index in [-0.39, 0.29) is 27.6 Å². The van der Waals surface area contributed by atoms with E-state index < -0.39 is 93.6 Å². The van der Waals surface area contributed by atoms with Crippen LogP contribution in [0, 0.1) is 6.92 Å². The number of esters is 1. The average Bonchev–Trinajstić information content (AvgIpc) is 3.04. The molecular formula is C32H34O15. The van der Waals surface area contributed by atoms with Crippen molar-refractivity contribution in [1.29, 1.82) is 0 Å². The van der Waals surface area contributed by atoms with E-state index in [1.807, 2.05) is 0 Å². The van der Waals surface area contributed by atoms with E-state index in [1.54, 1.807) is 6.92 Å². The van der Waals surface area contributed by atoms with Crippen molar-refractivity contribution >= 4 is 39.9 Å². The van der Waals surface area contributed by atoms with Gasteiger partial charge in [-0.2, -0.15) is 0 Å². The Kier molecular flexibility index (Phi) is 8.76. The summed E-state index contributed by atoms with van der Waals surface area (Å²) >= 11 is 0. The SMILES string of the molecule is COC(=O)c1c(O[C@@H]2O[C@@H](C)[C@H](OC)[C@@H](OC)[C@H]2OC)cc2cc3c(c(O)c2c1C)C(=O)[C@]1(OC)C(=O)C=C(OC)C(=O)[C@]1(O)C3=O. The van der Waals surface area contributed by atoms with Gasteiger partial charge in [0.25, 0.3) is 0 Å². The van der Waals surface area contributed by atoms with Crippen LogP contribution in [0.2, 0.25) is 0 Å². The molecule has 0 amide bonds. The Balaban J connectivity index is 1.76. The van der Waals surface area contributed by atoms with Crippen molar-refractivity contribution in [2.24, 2.45) is 0 Å². The number of phenolic OH excluding ortho intramolecular Hbond substituents is 1. The first-order valence-corrected chi connectivity index (χ1v) is 14.3. The molecule has 2 aromatic rings. The summed E-state index contributed by atoms with van der Waals surface area (Å²) in [6.45, 7) is 3.17. The Hall–Kier alpha value is -4.25. The van der Waals surface area contributed by atoms with E-state index in [2.05, 4.69) is 0 Å². The fraction of sp³-hybridized carbons (Fsp3) is 0.469. The third kappa shape index (κ3) is 4.45. The lowest BCUT2D eigenvalue weighted by molar-refractivity contribution is -0.282. The molecule has 15 heteroatoms. The number of aromatic hydroxyl groups is 1. The molecule has 2 aromatic carbocycles. The molecule has 47 heavy (non-hydrogen) atoms. The summed E-state index contributed by atoms with van der Waals surface area (Å²) < 4.78 is 44.2. The number of rotatable bonds is 8. The van der Waals surface area contributed by atoms with Crippen molar-refractivity contribution in [1.82, 2.24) is 0 Å². The zero-order valence-electron chi connectivity index (χ0n) is 26.8. The number of hydrogen-bond acceptors (Lipinski definition) is 15. The van der Waals surface area contributed by atoms with Gasteiger partial charge in [-0.1, -0.05) is 0 Å². The van der Waals surface area contributed by atoms with Gasteiger partial charge < -0.3 is 48.1 Å². The molecule has 1 fully saturated rings. The highest BCUT2D eigenvalue weighted by Gasteiger charge is 2.75. The number of carbonyl (C=O) groups is 5. The van der Waals surface area contributed by atoms with Gasteiger partial charge in [-0.15, -0.1) is 0 Å². The lowest BCUT2D eigenvalue weighted by Gasteiger charge is -2.46. The first kappa shape index (κ1) is 34.1. The highest BCUT2D eigenvalue weighted by atomic mass is 16.7. The summed E-state index contributed by atoms with van der Waals surface area (Å²) in [6, 6.07) is 2.41. The van der Waals surface area contributed by atoms with Crippen molar-refractivity contribution in [2.75, 3.05) is 42.7 Å². The van der Waals surface area contributed by atoms with E-state index in [0.29, 0.717) is 6.08 Å². The number of methoxy groups -OCH3 is 6. The van der Waals surface area contributed by atoms with Crippen LogP contribution in [-0.4, -0.2) is 124 Å². The number of aliphatic hydroxyl groups is 1.